The molecule has 0 spiro atoms. The van der Waals surface area contributed by atoms with Gasteiger partial charge in [0.05, 0.1) is 11.4 Å². The van der Waals surface area contributed by atoms with Crippen molar-refractivity contribution in [2.75, 3.05) is 23.7 Å². The molecule has 0 unspecified atom stereocenters. The third-order valence-electron chi connectivity index (χ3n) is 3.85. The summed E-state index contributed by atoms with van der Waals surface area (Å²) in [6.45, 7) is 6.51. The Morgan fingerprint density at radius 1 is 1.29 bits per heavy atom. The van der Waals surface area contributed by atoms with Crippen molar-refractivity contribution in [1.29, 1.82) is 0 Å². The predicted octanol–water partition coefficient (Wildman–Crippen LogP) is 3.28. The zero-order valence-electron chi connectivity index (χ0n) is 10.6. The van der Waals surface area contributed by atoms with Crippen LogP contribution in [0.1, 0.15) is 26.7 Å². The van der Waals surface area contributed by atoms with Gasteiger partial charge in [-0.2, -0.15) is 0 Å². The fourth-order valence-corrected chi connectivity index (χ4v) is 2.61. The Balaban J connectivity index is 2.08. The lowest BCUT2D eigenvalue weighted by atomic mass is 9.86. The minimum absolute atomic E-state index is 0.287. The second-order valence-corrected chi connectivity index (χ2v) is 5.24. The van der Waals surface area contributed by atoms with Crippen LogP contribution in [0.4, 0.5) is 15.8 Å². The van der Waals surface area contributed by atoms with E-state index in [4.69, 9.17) is 5.73 Å². The van der Waals surface area contributed by atoms with Crippen LogP contribution in [0.2, 0.25) is 0 Å². The fraction of sp³-hybridized carbons (Fsp3) is 0.571. The first kappa shape index (κ1) is 12.2. The molecule has 1 aliphatic heterocycles. The summed E-state index contributed by atoms with van der Waals surface area (Å²) in [6.07, 6.45) is 2.35. The zero-order chi connectivity index (χ0) is 12.4. The van der Waals surface area contributed by atoms with Gasteiger partial charge in [-0.05, 0) is 36.8 Å². The quantitative estimate of drug-likeness (QED) is 0.798. The van der Waals surface area contributed by atoms with Crippen LogP contribution in [-0.2, 0) is 0 Å². The summed E-state index contributed by atoms with van der Waals surface area (Å²) in [6, 6.07) is 5.06. The van der Waals surface area contributed by atoms with Crippen molar-refractivity contribution >= 4 is 11.4 Å². The Kier molecular flexibility index (Phi) is 3.55. The standard InChI is InChI=1S/C14H21FN2/c1-10(2)11-6-8-17(9-7-11)13-5-3-4-12(15)14(13)16/h3-5,10-11H,6-9,16H2,1-2H3. The Hall–Kier alpha value is -1.25. The molecule has 1 aromatic rings. The molecule has 0 atom stereocenters. The van der Waals surface area contributed by atoms with Crippen molar-refractivity contribution < 1.29 is 4.39 Å². The van der Waals surface area contributed by atoms with Gasteiger partial charge in [0.15, 0.2) is 0 Å². The number of rotatable bonds is 2. The summed E-state index contributed by atoms with van der Waals surface area (Å²) in [5, 5.41) is 0. The Labute approximate surface area is 103 Å². The van der Waals surface area contributed by atoms with Gasteiger partial charge in [0, 0.05) is 13.1 Å². The van der Waals surface area contributed by atoms with Gasteiger partial charge in [-0.3, -0.25) is 0 Å². The molecule has 0 radical (unpaired) electrons. The van der Waals surface area contributed by atoms with Crippen molar-refractivity contribution in [2.24, 2.45) is 11.8 Å². The molecule has 2 rings (SSSR count). The van der Waals surface area contributed by atoms with Crippen molar-refractivity contribution in [3.63, 3.8) is 0 Å². The maximum atomic E-state index is 13.4. The highest BCUT2D eigenvalue weighted by molar-refractivity contribution is 5.68. The average molecular weight is 236 g/mol. The largest absolute Gasteiger partial charge is 0.395 e. The molecular formula is C14H21FN2. The molecule has 0 amide bonds. The molecule has 94 valence electrons. The predicted molar refractivity (Wildman–Crippen MR) is 70.6 cm³/mol. The maximum Gasteiger partial charge on any atom is 0.148 e. The number of hydrogen-bond acceptors (Lipinski definition) is 2. The molecule has 0 bridgehead atoms. The van der Waals surface area contributed by atoms with Crippen LogP contribution in [0.15, 0.2) is 18.2 Å². The van der Waals surface area contributed by atoms with Crippen LogP contribution < -0.4 is 10.6 Å². The second kappa shape index (κ2) is 4.94. The molecule has 17 heavy (non-hydrogen) atoms. The molecule has 1 heterocycles. The van der Waals surface area contributed by atoms with Crippen LogP contribution >= 0.6 is 0 Å². The third-order valence-corrected chi connectivity index (χ3v) is 3.85. The lowest BCUT2D eigenvalue weighted by Gasteiger charge is -2.35. The fourth-order valence-electron chi connectivity index (χ4n) is 2.61. The van der Waals surface area contributed by atoms with Gasteiger partial charge < -0.3 is 10.6 Å². The molecule has 2 N–H and O–H groups in total. The summed E-state index contributed by atoms with van der Waals surface area (Å²) < 4.78 is 13.4. The number of halogens is 1. The number of nitrogens with two attached hydrogens (primary N) is 1. The zero-order valence-corrected chi connectivity index (χ0v) is 10.6. The smallest absolute Gasteiger partial charge is 0.148 e. The third kappa shape index (κ3) is 2.54. The van der Waals surface area contributed by atoms with E-state index in [0.29, 0.717) is 0 Å². The molecule has 0 aliphatic carbocycles. The van der Waals surface area contributed by atoms with Gasteiger partial charge in [0.2, 0.25) is 0 Å². The highest BCUT2D eigenvalue weighted by Gasteiger charge is 2.23. The van der Waals surface area contributed by atoms with E-state index in [0.717, 1.165) is 30.6 Å². The average Bonchev–Trinajstić information content (AvgIpc) is 2.33. The van der Waals surface area contributed by atoms with Crippen LogP contribution in [0.3, 0.4) is 0 Å². The van der Waals surface area contributed by atoms with Gasteiger partial charge >= 0.3 is 0 Å². The van der Waals surface area contributed by atoms with Crippen LogP contribution in [0.25, 0.3) is 0 Å². The first-order chi connectivity index (χ1) is 8.09. The van der Waals surface area contributed by atoms with Gasteiger partial charge in [0.1, 0.15) is 5.82 Å². The number of hydrogen-bond donors (Lipinski definition) is 1. The number of nitrogens with zero attached hydrogens (tertiary/aromatic N) is 1. The van der Waals surface area contributed by atoms with E-state index in [2.05, 4.69) is 18.7 Å². The summed E-state index contributed by atoms with van der Waals surface area (Å²) in [5.74, 6) is 1.22. The van der Waals surface area contributed by atoms with Crippen LogP contribution in [-0.4, -0.2) is 13.1 Å². The summed E-state index contributed by atoms with van der Waals surface area (Å²) in [4.78, 5) is 2.21. The Morgan fingerprint density at radius 2 is 1.94 bits per heavy atom. The molecular weight excluding hydrogens is 215 g/mol. The lowest BCUT2D eigenvalue weighted by Crippen LogP contribution is -2.35. The number of nitrogen functional groups attached to an aromatic ring is 1. The monoisotopic (exact) mass is 236 g/mol. The number of piperidine rings is 1. The van der Waals surface area contributed by atoms with E-state index < -0.39 is 0 Å². The lowest BCUT2D eigenvalue weighted by molar-refractivity contribution is 0.311. The SMILES string of the molecule is CC(C)C1CCN(c2cccc(F)c2N)CC1. The van der Waals surface area contributed by atoms with Gasteiger partial charge in [0.25, 0.3) is 0 Å². The van der Waals surface area contributed by atoms with E-state index in [9.17, 15) is 4.39 Å². The maximum absolute atomic E-state index is 13.4. The topological polar surface area (TPSA) is 29.3 Å². The molecule has 0 aromatic heterocycles. The summed E-state index contributed by atoms with van der Waals surface area (Å²) >= 11 is 0. The number of benzene rings is 1. The normalized spacial score (nSPS) is 17.8. The number of anilines is 2. The van der Waals surface area contributed by atoms with Gasteiger partial charge in [-0.25, -0.2) is 4.39 Å². The minimum Gasteiger partial charge on any atom is -0.395 e. The molecule has 0 saturated carbocycles. The van der Waals surface area contributed by atoms with Gasteiger partial charge in [-0.1, -0.05) is 19.9 Å². The van der Waals surface area contributed by atoms with Crippen LogP contribution in [0, 0.1) is 17.7 Å². The van der Waals surface area contributed by atoms with Crippen molar-refractivity contribution in [2.45, 2.75) is 26.7 Å². The highest BCUT2D eigenvalue weighted by Crippen LogP contribution is 2.31. The van der Waals surface area contributed by atoms with E-state index in [-0.39, 0.29) is 11.5 Å². The van der Waals surface area contributed by atoms with Crippen LogP contribution in [0.5, 0.6) is 0 Å². The van der Waals surface area contributed by atoms with E-state index in [1.807, 2.05) is 6.07 Å². The highest BCUT2D eigenvalue weighted by atomic mass is 19.1. The number of para-hydroxylation sites is 1. The Morgan fingerprint density at radius 3 is 2.53 bits per heavy atom. The van der Waals surface area contributed by atoms with E-state index >= 15 is 0 Å². The first-order valence-electron chi connectivity index (χ1n) is 6.38. The first-order valence-corrected chi connectivity index (χ1v) is 6.38. The Bertz CT molecular complexity index is 382. The summed E-state index contributed by atoms with van der Waals surface area (Å²) in [5.41, 5.74) is 6.93. The molecule has 1 aromatic carbocycles. The molecule has 1 aliphatic rings. The second-order valence-electron chi connectivity index (χ2n) is 5.24. The molecule has 1 saturated heterocycles. The van der Waals surface area contributed by atoms with Crippen molar-refractivity contribution in [1.82, 2.24) is 0 Å². The molecule has 2 nitrogen and oxygen atoms in total. The molecule has 3 heteroatoms. The van der Waals surface area contributed by atoms with Crippen molar-refractivity contribution in [3.05, 3.63) is 24.0 Å². The van der Waals surface area contributed by atoms with Crippen molar-refractivity contribution in [3.8, 4) is 0 Å². The van der Waals surface area contributed by atoms with E-state index in [1.54, 1.807) is 6.07 Å². The minimum atomic E-state index is -0.312. The summed E-state index contributed by atoms with van der Waals surface area (Å²) in [7, 11) is 0. The van der Waals surface area contributed by atoms with E-state index in [1.165, 1.54) is 18.9 Å². The van der Waals surface area contributed by atoms with Gasteiger partial charge in [-0.15, -0.1) is 0 Å². The molecule has 1 fully saturated rings.